The summed E-state index contributed by atoms with van der Waals surface area (Å²) in [5.74, 6) is 0. The first-order valence-electron chi connectivity index (χ1n) is 12.1. The molecule has 0 fully saturated rings. The van der Waals surface area contributed by atoms with Gasteiger partial charge in [-0.25, -0.2) is 12.1 Å². The molecule has 37 heavy (non-hydrogen) atoms. The molecule has 0 aliphatic heterocycles. The van der Waals surface area contributed by atoms with E-state index in [1.807, 2.05) is 30.3 Å². The van der Waals surface area contributed by atoms with Gasteiger partial charge in [-0.15, -0.1) is 10.6 Å². The van der Waals surface area contributed by atoms with Crippen LogP contribution in [0, 0.1) is 0 Å². The molecule has 0 bridgehead atoms. The minimum Gasteiger partial charge on any atom is -0.748 e. The summed E-state index contributed by atoms with van der Waals surface area (Å²) in [5.41, 5.74) is 0. The molecule has 0 amide bonds. The molecule has 3 heteroatoms. The predicted molar refractivity (Wildman–Crippen MR) is 161 cm³/mol. The standard InChI is InChI=1S/C29H23P2.C5H5.Ru/c1-5-14-24(15-6-1)30(25-16-7-2-8-17-25)28-22-13-23-29(28)31(26-18-9-3-10-19-26)27-20-11-4-12-21-27;1-2-4-5-3-1;/h1-23H;1-5H;/q-1;-5;. The van der Waals surface area contributed by atoms with Gasteiger partial charge in [-0.05, 0) is 29.1 Å². The van der Waals surface area contributed by atoms with Crippen molar-refractivity contribution in [3.63, 3.8) is 0 Å². The third kappa shape index (κ3) is 6.89. The Kier molecular flexibility index (Phi) is 10.3. The van der Waals surface area contributed by atoms with E-state index in [4.69, 9.17) is 0 Å². The van der Waals surface area contributed by atoms with Crippen molar-refractivity contribution in [2.45, 2.75) is 0 Å². The molecule has 6 aromatic rings. The molecule has 0 N–H and O–H groups in total. The molecular weight excluding hydrogens is 571 g/mol. The van der Waals surface area contributed by atoms with Gasteiger partial charge in [0.2, 0.25) is 0 Å². The van der Waals surface area contributed by atoms with Crippen LogP contribution in [0.3, 0.4) is 0 Å². The molecule has 6 aromatic carbocycles. The van der Waals surface area contributed by atoms with E-state index in [0.29, 0.717) is 0 Å². The normalized spacial score (nSPS) is 10.4. The molecule has 188 valence electrons. The van der Waals surface area contributed by atoms with Gasteiger partial charge in [-0.2, -0.15) is 6.07 Å². The molecule has 0 unspecified atom stereocenters. The second kappa shape index (κ2) is 14.1. The predicted octanol–water partition coefficient (Wildman–Crippen LogP) is 6.32. The van der Waals surface area contributed by atoms with E-state index in [-0.39, 0.29) is 19.5 Å². The zero-order valence-electron chi connectivity index (χ0n) is 20.4. The van der Waals surface area contributed by atoms with E-state index in [2.05, 4.69) is 140 Å². The minimum atomic E-state index is -0.627. The maximum atomic E-state index is 2.35. The van der Waals surface area contributed by atoms with E-state index in [9.17, 15) is 0 Å². The van der Waals surface area contributed by atoms with Crippen LogP contribution in [0.25, 0.3) is 0 Å². The molecule has 0 aliphatic carbocycles. The average Bonchev–Trinajstić information content (AvgIpc) is 3.68. The van der Waals surface area contributed by atoms with Gasteiger partial charge in [0.25, 0.3) is 0 Å². The van der Waals surface area contributed by atoms with Gasteiger partial charge in [-0.1, -0.05) is 129 Å². The Morgan fingerprint density at radius 3 is 1.14 bits per heavy atom. The van der Waals surface area contributed by atoms with Crippen molar-refractivity contribution in [2.75, 3.05) is 0 Å². The Morgan fingerprint density at radius 1 is 0.405 bits per heavy atom. The molecule has 6 rings (SSSR count). The quantitative estimate of drug-likeness (QED) is 0.119. The van der Waals surface area contributed by atoms with E-state index in [0.717, 1.165) is 0 Å². The van der Waals surface area contributed by atoms with Crippen LogP contribution in [0.2, 0.25) is 0 Å². The van der Waals surface area contributed by atoms with Gasteiger partial charge in [0.15, 0.2) is 0 Å². The number of rotatable bonds is 6. The monoisotopic (exact) mass is 600 g/mol. The summed E-state index contributed by atoms with van der Waals surface area (Å²) in [6.07, 6.45) is 0. The van der Waals surface area contributed by atoms with Crippen molar-refractivity contribution in [1.29, 1.82) is 0 Å². The van der Waals surface area contributed by atoms with E-state index < -0.39 is 15.8 Å². The summed E-state index contributed by atoms with van der Waals surface area (Å²) >= 11 is 0. The molecular formula is C34H28P2Ru-6. The molecule has 0 atom stereocenters. The summed E-state index contributed by atoms with van der Waals surface area (Å²) in [6, 6.07) is 60.9. The fraction of sp³-hybridized carbons (Fsp3) is 0. The molecule has 0 saturated heterocycles. The van der Waals surface area contributed by atoms with E-state index in [1.54, 1.807) is 0 Å². The van der Waals surface area contributed by atoms with Crippen LogP contribution in [-0.4, -0.2) is 0 Å². The van der Waals surface area contributed by atoms with Crippen LogP contribution >= 0.6 is 15.8 Å². The Morgan fingerprint density at radius 2 is 0.757 bits per heavy atom. The number of hydrogen-bond acceptors (Lipinski definition) is 0. The maximum Gasteiger partial charge on any atom is 0 e. The second-order valence-corrected chi connectivity index (χ2v) is 12.6. The largest absolute Gasteiger partial charge is 0.748 e. The molecule has 0 radical (unpaired) electrons. The third-order valence-electron chi connectivity index (χ3n) is 5.87. The first kappa shape index (κ1) is 27.1. The van der Waals surface area contributed by atoms with Crippen LogP contribution in [-0.2, 0) is 19.5 Å². The van der Waals surface area contributed by atoms with Crippen LogP contribution < -0.4 is 31.8 Å². The zero-order chi connectivity index (χ0) is 24.4. The smallest absolute Gasteiger partial charge is 0 e. The van der Waals surface area contributed by atoms with E-state index in [1.165, 1.54) is 31.8 Å². The van der Waals surface area contributed by atoms with Crippen LogP contribution in [0.1, 0.15) is 0 Å². The summed E-state index contributed by atoms with van der Waals surface area (Å²) in [6.45, 7) is 0. The van der Waals surface area contributed by atoms with Crippen molar-refractivity contribution >= 4 is 47.7 Å². The molecule has 0 aromatic heterocycles. The van der Waals surface area contributed by atoms with Gasteiger partial charge in [0.05, 0.1) is 0 Å². The molecule has 0 heterocycles. The van der Waals surface area contributed by atoms with Crippen molar-refractivity contribution in [1.82, 2.24) is 0 Å². The molecule has 0 aliphatic rings. The van der Waals surface area contributed by atoms with Crippen molar-refractivity contribution in [3.8, 4) is 0 Å². The first-order valence-corrected chi connectivity index (χ1v) is 14.8. The Bertz CT molecular complexity index is 1220. The molecule has 0 saturated carbocycles. The van der Waals surface area contributed by atoms with Crippen molar-refractivity contribution < 1.29 is 19.5 Å². The summed E-state index contributed by atoms with van der Waals surface area (Å²) in [5, 5.41) is 8.51. The maximum absolute atomic E-state index is 2.35. The second-order valence-electron chi connectivity index (χ2n) is 8.27. The van der Waals surface area contributed by atoms with Gasteiger partial charge >= 0.3 is 0 Å². The Hall–Kier alpha value is -2.94. The summed E-state index contributed by atoms with van der Waals surface area (Å²) in [4.78, 5) is 0. The summed E-state index contributed by atoms with van der Waals surface area (Å²) in [7, 11) is -1.25. The minimum absolute atomic E-state index is 0. The van der Waals surface area contributed by atoms with Gasteiger partial charge in [0, 0.05) is 19.5 Å². The molecule has 0 nitrogen and oxygen atoms in total. The Balaban J connectivity index is 0.000000479. The zero-order valence-corrected chi connectivity index (χ0v) is 23.9. The van der Waals surface area contributed by atoms with Crippen LogP contribution in [0.15, 0.2) is 170 Å². The van der Waals surface area contributed by atoms with E-state index >= 15 is 0 Å². The van der Waals surface area contributed by atoms with Crippen LogP contribution in [0.5, 0.6) is 0 Å². The number of hydrogen-bond donors (Lipinski definition) is 0. The fourth-order valence-electron chi connectivity index (χ4n) is 4.26. The van der Waals surface area contributed by atoms with Crippen molar-refractivity contribution in [2.24, 2.45) is 0 Å². The first-order chi connectivity index (χ1) is 17.9. The topological polar surface area (TPSA) is 0 Å². The van der Waals surface area contributed by atoms with Gasteiger partial charge in [-0.3, -0.25) is 0 Å². The summed E-state index contributed by atoms with van der Waals surface area (Å²) < 4.78 is 0. The average molecular weight is 600 g/mol. The van der Waals surface area contributed by atoms with Gasteiger partial charge in [0.1, 0.15) is 0 Å². The van der Waals surface area contributed by atoms with Gasteiger partial charge < -0.3 is 30.3 Å². The SMILES string of the molecule is [Ru].[cH-]1[cH-][cH-][cH-][cH-]1.c1ccc(P(c2ccccc2)c2ccc[c-]2P(c2ccccc2)c2ccccc2)cc1. The van der Waals surface area contributed by atoms with Crippen LogP contribution in [0.4, 0.5) is 0 Å². The Labute approximate surface area is 236 Å². The van der Waals surface area contributed by atoms with Crippen molar-refractivity contribution in [3.05, 3.63) is 170 Å². The fourth-order valence-corrected chi connectivity index (χ4v) is 9.53. The molecule has 0 spiro atoms. The third-order valence-corrected chi connectivity index (χ3v) is 11.0. The number of benzene rings is 4.